The third-order valence-corrected chi connectivity index (χ3v) is 5.97. The number of pyridine rings is 1. The molecule has 6 nitrogen and oxygen atoms in total. The van der Waals surface area contributed by atoms with E-state index in [1.165, 1.54) is 4.90 Å². The van der Waals surface area contributed by atoms with Gasteiger partial charge >= 0.3 is 0 Å². The molecule has 1 atom stereocenters. The largest absolute Gasteiger partial charge is 0.507 e. The van der Waals surface area contributed by atoms with Crippen LogP contribution in [0.4, 0.5) is 5.69 Å². The Morgan fingerprint density at radius 1 is 1.03 bits per heavy atom. The number of carbonyl (C=O) groups is 2. The van der Waals surface area contributed by atoms with Crippen molar-refractivity contribution in [3.05, 3.63) is 95.3 Å². The van der Waals surface area contributed by atoms with E-state index in [0.29, 0.717) is 41.0 Å². The van der Waals surface area contributed by atoms with Gasteiger partial charge in [-0.1, -0.05) is 58.0 Å². The van der Waals surface area contributed by atoms with E-state index in [1.807, 2.05) is 38.1 Å². The molecule has 1 aliphatic heterocycles. The highest BCUT2D eigenvalue weighted by atomic mass is 16.5. The van der Waals surface area contributed by atoms with Gasteiger partial charge in [0.15, 0.2) is 0 Å². The number of hydrogen-bond donors (Lipinski definition) is 1. The fourth-order valence-corrected chi connectivity index (χ4v) is 4.12. The van der Waals surface area contributed by atoms with Crippen LogP contribution in [0.5, 0.6) is 5.75 Å². The van der Waals surface area contributed by atoms with Crippen LogP contribution < -0.4 is 9.64 Å². The Bertz CT molecular complexity index is 1250. The van der Waals surface area contributed by atoms with E-state index >= 15 is 0 Å². The fraction of sp³-hybridized carbons (Fsp3) is 0.276. The van der Waals surface area contributed by atoms with Crippen molar-refractivity contribution in [1.29, 1.82) is 0 Å². The summed E-state index contributed by atoms with van der Waals surface area (Å²) in [5.41, 5.74) is 2.78. The molecule has 1 N–H and O–H groups in total. The van der Waals surface area contributed by atoms with E-state index in [1.54, 1.807) is 48.8 Å². The lowest BCUT2D eigenvalue weighted by Crippen LogP contribution is -2.29. The maximum atomic E-state index is 13.3. The SMILES string of the molecule is CC(C)COc1cccc(/C(O)=C2/C(=O)C(=O)N(c3ccc(C(C)C)cc3)C2c2cccnc2)c1. The second-order valence-electron chi connectivity index (χ2n) is 9.43. The molecule has 2 heterocycles. The van der Waals surface area contributed by atoms with Crippen molar-refractivity contribution in [2.24, 2.45) is 5.92 Å². The van der Waals surface area contributed by atoms with Crippen LogP contribution in [-0.2, 0) is 9.59 Å². The standard InChI is InChI=1S/C29H30N2O4/c1-18(2)17-35-24-9-5-7-21(15-24)27(32)25-26(22-8-6-14-30-16-22)31(29(34)28(25)33)23-12-10-20(11-13-23)19(3)4/h5-16,18-19,26,32H,17H2,1-4H3/b27-25-. The number of nitrogens with zero attached hydrogens (tertiary/aromatic N) is 2. The lowest BCUT2D eigenvalue weighted by molar-refractivity contribution is -0.132. The molecular formula is C29H30N2O4. The average molecular weight is 471 g/mol. The Labute approximate surface area is 205 Å². The van der Waals surface area contributed by atoms with E-state index in [0.717, 1.165) is 5.56 Å². The summed E-state index contributed by atoms with van der Waals surface area (Å²) in [6, 6.07) is 17.3. The highest BCUT2D eigenvalue weighted by Crippen LogP contribution is 2.42. The Hall–Kier alpha value is -3.93. The maximum Gasteiger partial charge on any atom is 0.300 e. The molecule has 0 spiro atoms. The zero-order valence-corrected chi connectivity index (χ0v) is 20.4. The highest BCUT2D eigenvalue weighted by molar-refractivity contribution is 6.51. The summed E-state index contributed by atoms with van der Waals surface area (Å²) in [7, 11) is 0. The smallest absolute Gasteiger partial charge is 0.300 e. The maximum absolute atomic E-state index is 13.3. The van der Waals surface area contributed by atoms with Crippen LogP contribution in [-0.4, -0.2) is 28.4 Å². The first-order valence-corrected chi connectivity index (χ1v) is 11.8. The van der Waals surface area contributed by atoms with Crippen LogP contribution in [0.1, 0.15) is 56.3 Å². The Morgan fingerprint density at radius 3 is 2.40 bits per heavy atom. The number of anilines is 1. The molecule has 1 saturated heterocycles. The molecule has 3 aromatic rings. The summed E-state index contributed by atoms with van der Waals surface area (Å²) in [4.78, 5) is 32.2. The van der Waals surface area contributed by atoms with Crippen molar-refractivity contribution in [2.75, 3.05) is 11.5 Å². The van der Waals surface area contributed by atoms with Crippen molar-refractivity contribution in [3.8, 4) is 5.75 Å². The van der Waals surface area contributed by atoms with Crippen molar-refractivity contribution in [3.63, 3.8) is 0 Å². The molecule has 180 valence electrons. The third kappa shape index (κ3) is 4.97. The predicted molar refractivity (Wildman–Crippen MR) is 136 cm³/mol. The van der Waals surface area contributed by atoms with Gasteiger partial charge in [0.2, 0.25) is 0 Å². The number of aliphatic hydroxyl groups is 1. The van der Waals surface area contributed by atoms with Gasteiger partial charge in [-0.05, 0) is 53.3 Å². The van der Waals surface area contributed by atoms with Gasteiger partial charge in [-0.2, -0.15) is 0 Å². The number of Topliss-reactive ketones (excluding diaryl/α,β-unsaturated/α-hetero) is 1. The summed E-state index contributed by atoms with van der Waals surface area (Å²) in [6.07, 6.45) is 3.24. The number of aromatic nitrogens is 1. The lowest BCUT2D eigenvalue weighted by atomic mass is 9.96. The van der Waals surface area contributed by atoms with E-state index in [2.05, 4.69) is 18.8 Å². The first-order chi connectivity index (χ1) is 16.8. The first-order valence-electron chi connectivity index (χ1n) is 11.8. The first kappa shape index (κ1) is 24.2. The fourth-order valence-electron chi connectivity index (χ4n) is 4.12. The Morgan fingerprint density at radius 2 is 1.77 bits per heavy atom. The quantitative estimate of drug-likeness (QED) is 0.266. The third-order valence-electron chi connectivity index (χ3n) is 5.97. The van der Waals surface area contributed by atoms with Gasteiger partial charge in [-0.3, -0.25) is 19.5 Å². The number of hydrogen-bond acceptors (Lipinski definition) is 5. The molecule has 1 unspecified atom stereocenters. The number of rotatable bonds is 7. The molecular weight excluding hydrogens is 440 g/mol. The Kier molecular flexibility index (Phi) is 7.01. The summed E-state index contributed by atoms with van der Waals surface area (Å²) in [5.74, 6) is -0.417. The number of benzene rings is 2. The van der Waals surface area contributed by atoms with Gasteiger partial charge < -0.3 is 9.84 Å². The minimum absolute atomic E-state index is 0.0249. The van der Waals surface area contributed by atoms with Crippen LogP contribution in [0.2, 0.25) is 0 Å². The van der Waals surface area contributed by atoms with Gasteiger partial charge in [0.05, 0.1) is 18.2 Å². The van der Waals surface area contributed by atoms with Crippen molar-refractivity contribution in [2.45, 2.75) is 39.7 Å². The predicted octanol–water partition coefficient (Wildman–Crippen LogP) is 5.87. The molecule has 1 aromatic heterocycles. The van der Waals surface area contributed by atoms with Crippen molar-refractivity contribution >= 4 is 23.1 Å². The summed E-state index contributed by atoms with van der Waals surface area (Å²) in [5, 5.41) is 11.3. The molecule has 1 amide bonds. The van der Waals surface area contributed by atoms with Gasteiger partial charge in [0.1, 0.15) is 11.5 Å². The zero-order valence-electron chi connectivity index (χ0n) is 20.4. The molecule has 0 radical (unpaired) electrons. The van der Waals surface area contributed by atoms with Gasteiger partial charge in [0, 0.05) is 23.6 Å². The minimum Gasteiger partial charge on any atom is -0.507 e. The number of amides is 1. The van der Waals surface area contributed by atoms with E-state index in [9.17, 15) is 14.7 Å². The zero-order chi connectivity index (χ0) is 25.1. The van der Waals surface area contributed by atoms with Crippen LogP contribution in [0, 0.1) is 5.92 Å². The van der Waals surface area contributed by atoms with Gasteiger partial charge in [0.25, 0.3) is 11.7 Å². The molecule has 6 heteroatoms. The van der Waals surface area contributed by atoms with Crippen molar-refractivity contribution in [1.82, 2.24) is 4.98 Å². The van der Waals surface area contributed by atoms with E-state index < -0.39 is 17.7 Å². The number of ketones is 1. The Balaban J connectivity index is 1.83. The molecule has 2 aromatic carbocycles. The van der Waals surface area contributed by atoms with Gasteiger partial charge in [-0.25, -0.2) is 0 Å². The van der Waals surface area contributed by atoms with E-state index in [4.69, 9.17) is 4.74 Å². The number of aliphatic hydroxyl groups excluding tert-OH is 1. The summed E-state index contributed by atoms with van der Waals surface area (Å²) >= 11 is 0. The van der Waals surface area contributed by atoms with E-state index in [-0.39, 0.29) is 11.3 Å². The van der Waals surface area contributed by atoms with Crippen LogP contribution in [0.15, 0.2) is 78.6 Å². The molecule has 0 saturated carbocycles. The molecule has 4 rings (SSSR count). The number of ether oxygens (including phenoxy) is 1. The molecule has 1 fully saturated rings. The molecule has 35 heavy (non-hydrogen) atoms. The molecule has 0 aliphatic carbocycles. The van der Waals surface area contributed by atoms with Crippen LogP contribution >= 0.6 is 0 Å². The van der Waals surface area contributed by atoms with Gasteiger partial charge in [-0.15, -0.1) is 0 Å². The van der Waals surface area contributed by atoms with Crippen LogP contribution in [0.25, 0.3) is 5.76 Å². The second kappa shape index (κ2) is 10.1. The highest BCUT2D eigenvalue weighted by Gasteiger charge is 2.47. The van der Waals surface area contributed by atoms with Crippen LogP contribution in [0.3, 0.4) is 0 Å². The monoisotopic (exact) mass is 470 g/mol. The normalized spacial score (nSPS) is 17.4. The summed E-state index contributed by atoms with van der Waals surface area (Å²) in [6.45, 7) is 8.81. The topological polar surface area (TPSA) is 79.7 Å². The second-order valence-corrected chi connectivity index (χ2v) is 9.43. The summed E-state index contributed by atoms with van der Waals surface area (Å²) < 4.78 is 5.80. The number of carbonyl (C=O) groups excluding carboxylic acids is 2. The molecule has 1 aliphatic rings. The minimum atomic E-state index is -0.811. The lowest BCUT2D eigenvalue weighted by Gasteiger charge is -2.25. The van der Waals surface area contributed by atoms with Crippen molar-refractivity contribution < 1.29 is 19.4 Å². The average Bonchev–Trinajstić information content (AvgIpc) is 3.13. The molecule has 0 bridgehead atoms.